The highest BCUT2D eigenvalue weighted by Gasteiger charge is 2.11. The second-order valence-electron chi connectivity index (χ2n) is 6.11. The average Bonchev–Trinajstić information content (AvgIpc) is 3.36. The van der Waals surface area contributed by atoms with Crippen molar-refractivity contribution in [2.75, 3.05) is 0 Å². The maximum Gasteiger partial charge on any atom is 0.258 e. The van der Waals surface area contributed by atoms with Gasteiger partial charge in [-0.2, -0.15) is 4.98 Å². The molecule has 0 saturated heterocycles. The van der Waals surface area contributed by atoms with Crippen molar-refractivity contribution in [3.63, 3.8) is 0 Å². The van der Waals surface area contributed by atoms with E-state index in [1.807, 2.05) is 72.8 Å². The van der Waals surface area contributed by atoms with Crippen LogP contribution in [-0.2, 0) is 0 Å². The number of benzene rings is 3. The SMILES string of the molecule is Brc1ccc2[nH]c(-c3ccc(-c4noc(-c5ccccc5)n4)cc3)nc2c1. The summed E-state index contributed by atoms with van der Waals surface area (Å²) in [4.78, 5) is 12.5. The lowest BCUT2D eigenvalue weighted by molar-refractivity contribution is 0.432. The summed E-state index contributed by atoms with van der Waals surface area (Å²) >= 11 is 3.48. The van der Waals surface area contributed by atoms with Crippen molar-refractivity contribution < 1.29 is 4.52 Å². The Morgan fingerprint density at radius 1 is 0.778 bits per heavy atom. The van der Waals surface area contributed by atoms with E-state index in [1.165, 1.54) is 0 Å². The van der Waals surface area contributed by atoms with Gasteiger partial charge in [0.1, 0.15) is 5.82 Å². The summed E-state index contributed by atoms with van der Waals surface area (Å²) in [6.07, 6.45) is 0. The number of hydrogen-bond acceptors (Lipinski definition) is 4. The topological polar surface area (TPSA) is 67.6 Å². The van der Waals surface area contributed by atoms with Crippen LogP contribution in [0.4, 0.5) is 0 Å². The summed E-state index contributed by atoms with van der Waals surface area (Å²) in [5.41, 5.74) is 4.72. The number of fused-ring (bicyclic) bond motifs is 1. The molecule has 27 heavy (non-hydrogen) atoms. The Morgan fingerprint density at radius 3 is 2.37 bits per heavy atom. The smallest absolute Gasteiger partial charge is 0.258 e. The molecular weight excluding hydrogens is 404 g/mol. The molecule has 1 N–H and O–H groups in total. The predicted molar refractivity (Wildman–Crippen MR) is 108 cm³/mol. The molecule has 0 saturated carbocycles. The maximum absolute atomic E-state index is 5.39. The van der Waals surface area contributed by atoms with Gasteiger partial charge in [-0.3, -0.25) is 0 Å². The van der Waals surface area contributed by atoms with Crippen LogP contribution >= 0.6 is 15.9 Å². The van der Waals surface area contributed by atoms with E-state index in [-0.39, 0.29) is 0 Å². The first-order valence-electron chi connectivity index (χ1n) is 8.41. The Bertz CT molecular complexity index is 1230. The lowest BCUT2D eigenvalue weighted by atomic mass is 10.1. The zero-order chi connectivity index (χ0) is 18.2. The maximum atomic E-state index is 5.39. The Hall–Kier alpha value is -3.25. The van der Waals surface area contributed by atoms with E-state index in [4.69, 9.17) is 4.52 Å². The molecule has 5 nitrogen and oxygen atoms in total. The van der Waals surface area contributed by atoms with Gasteiger partial charge in [0.2, 0.25) is 5.82 Å². The quantitative estimate of drug-likeness (QED) is 0.408. The molecule has 0 spiro atoms. The fourth-order valence-corrected chi connectivity index (χ4v) is 3.28. The highest BCUT2D eigenvalue weighted by molar-refractivity contribution is 9.10. The number of rotatable bonds is 3. The fraction of sp³-hybridized carbons (Fsp3) is 0. The second-order valence-corrected chi connectivity index (χ2v) is 7.03. The number of nitrogens with zero attached hydrogens (tertiary/aromatic N) is 3. The molecule has 0 radical (unpaired) electrons. The first-order valence-corrected chi connectivity index (χ1v) is 9.21. The molecule has 0 aliphatic heterocycles. The summed E-state index contributed by atoms with van der Waals surface area (Å²) in [7, 11) is 0. The van der Waals surface area contributed by atoms with E-state index in [2.05, 4.69) is 36.0 Å². The third kappa shape index (κ3) is 3.04. The number of aromatic amines is 1. The summed E-state index contributed by atoms with van der Waals surface area (Å²) in [5.74, 6) is 1.90. The Kier molecular flexibility index (Phi) is 3.83. The van der Waals surface area contributed by atoms with E-state index >= 15 is 0 Å². The minimum absolute atomic E-state index is 0.512. The third-order valence-corrected chi connectivity index (χ3v) is 4.80. The van der Waals surface area contributed by atoms with Gasteiger partial charge in [0, 0.05) is 21.2 Å². The minimum Gasteiger partial charge on any atom is -0.338 e. The molecule has 2 aromatic heterocycles. The molecule has 0 amide bonds. The molecule has 0 aliphatic carbocycles. The molecule has 3 aromatic carbocycles. The lowest BCUT2D eigenvalue weighted by Gasteiger charge is -1.98. The van der Waals surface area contributed by atoms with Crippen molar-refractivity contribution in [2.45, 2.75) is 0 Å². The monoisotopic (exact) mass is 416 g/mol. The molecule has 6 heteroatoms. The molecule has 0 bridgehead atoms. The summed E-state index contributed by atoms with van der Waals surface area (Å²) in [6, 6.07) is 23.7. The van der Waals surface area contributed by atoms with E-state index < -0.39 is 0 Å². The van der Waals surface area contributed by atoms with Crippen LogP contribution in [0.2, 0.25) is 0 Å². The van der Waals surface area contributed by atoms with Gasteiger partial charge in [-0.1, -0.05) is 63.6 Å². The van der Waals surface area contributed by atoms with Gasteiger partial charge in [0.05, 0.1) is 11.0 Å². The Balaban J connectivity index is 1.45. The molecular formula is C21H13BrN4O. The fourth-order valence-electron chi connectivity index (χ4n) is 2.93. The minimum atomic E-state index is 0.512. The number of H-pyrrole nitrogens is 1. The number of nitrogens with one attached hydrogen (secondary N) is 1. The number of halogens is 1. The van der Waals surface area contributed by atoms with Crippen LogP contribution < -0.4 is 0 Å². The van der Waals surface area contributed by atoms with E-state index in [0.29, 0.717) is 11.7 Å². The van der Waals surface area contributed by atoms with Gasteiger partial charge >= 0.3 is 0 Å². The zero-order valence-electron chi connectivity index (χ0n) is 14.1. The largest absolute Gasteiger partial charge is 0.338 e. The van der Waals surface area contributed by atoms with Crippen molar-refractivity contribution in [2.24, 2.45) is 0 Å². The highest BCUT2D eigenvalue weighted by atomic mass is 79.9. The van der Waals surface area contributed by atoms with Crippen LogP contribution in [0.3, 0.4) is 0 Å². The molecule has 130 valence electrons. The van der Waals surface area contributed by atoms with Crippen molar-refractivity contribution in [3.05, 3.63) is 77.3 Å². The van der Waals surface area contributed by atoms with Gasteiger partial charge < -0.3 is 9.51 Å². The van der Waals surface area contributed by atoms with Crippen LogP contribution in [0.1, 0.15) is 0 Å². The Labute approximate surface area is 163 Å². The first-order chi connectivity index (χ1) is 13.3. The van der Waals surface area contributed by atoms with Crippen LogP contribution in [0.25, 0.3) is 45.3 Å². The second kappa shape index (κ2) is 6.48. The Morgan fingerprint density at radius 2 is 1.56 bits per heavy atom. The molecule has 5 aromatic rings. The average molecular weight is 417 g/mol. The van der Waals surface area contributed by atoms with Gasteiger partial charge in [-0.05, 0) is 30.3 Å². The van der Waals surface area contributed by atoms with Crippen molar-refractivity contribution in [1.82, 2.24) is 20.1 Å². The van der Waals surface area contributed by atoms with Crippen LogP contribution in [-0.4, -0.2) is 20.1 Å². The normalized spacial score (nSPS) is 11.1. The number of imidazole rings is 1. The number of hydrogen-bond donors (Lipinski definition) is 1. The highest BCUT2D eigenvalue weighted by Crippen LogP contribution is 2.26. The van der Waals surface area contributed by atoms with Crippen molar-refractivity contribution in [3.8, 4) is 34.2 Å². The summed E-state index contributed by atoms with van der Waals surface area (Å²) in [6.45, 7) is 0. The van der Waals surface area contributed by atoms with Gasteiger partial charge in [-0.15, -0.1) is 0 Å². The van der Waals surface area contributed by atoms with Gasteiger partial charge in [0.25, 0.3) is 5.89 Å². The van der Waals surface area contributed by atoms with Crippen LogP contribution in [0, 0.1) is 0 Å². The summed E-state index contributed by atoms with van der Waals surface area (Å²) < 4.78 is 6.40. The van der Waals surface area contributed by atoms with E-state index in [0.717, 1.165) is 38.0 Å². The standard InChI is InChI=1S/C21H13BrN4O/c22-16-10-11-17-18(12-16)24-19(23-17)13-6-8-14(9-7-13)20-25-21(27-26-20)15-4-2-1-3-5-15/h1-12H,(H,23,24). The molecule has 0 fully saturated rings. The van der Waals surface area contributed by atoms with E-state index in [9.17, 15) is 0 Å². The predicted octanol–water partition coefficient (Wildman–Crippen LogP) is 5.71. The van der Waals surface area contributed by atoms with Crippen LogP contribution in [0.5, 0.6) is 0 Å². The van der Waals surface area contributed by atoms with Crippen molar-refractivity contribution >= 4 is 27.0 Å². The third-order valence-electron chi connectivity index (χ3n) is 4.31. The molecule has 0 atom stereocenters. The summed E-state index contributed by atoms with van der Waals surface area (Å²) in [5, 5.41) is 4.09. The number of aromatic nitrogens is 4. The van der Waals surface area contributed by atoms with Crippen LogP contribution in [0.15, 0.2) is 81.8 Å². The lowest BCUT2D eigenvalue weighted by Crippen LogP contribution is -1.84. The molecule has 0 aliphatic rings. The van der Waals surface area contributed by atoms with Gasteiger partial charge in [-0.25, -0.2) is 4.98 Å². The molecule has 0 unspecified atom stereocenters. The molecule has 5 rings (SSSR count). The van der Waals surface area contributed by atoms with Gasteiger partial charge in [0.15, 0.2) is 0 Å². The zero-order valence-corrected chi connectivity index (χ0v) is 15.6. The molecule has 2 heterocycles. The van der Waals surface area contributed by atoms with Crippen molar-refractivity contribution in [1.29, 1.82) is 0 Å². The first kappa shape index (κ1) is 16.0. The van der Waals surface area contributed by atoms with E-state index in [1.54, 1.807) is 0 Å².